The molecule has 0 radical (unpaired) electrons. The smallest absolute Gasteiger partial charge is 0.417 e. The molecule has 0 aliphatic rings. The zero-order valence-electron chi connectivity index (χ0n) is 8.97. The van der Waals surface area contributed by atoms with Gasteiger partial charge in [0.2, 0.25) is 0 Å². The largest absolute Gasteiger partial charge is 0.462 e. The van der Waals surface area contributed by atoms with Crippen LogP contribution in [0.5, 0.6) is 0 Å². The lowest BCUT2D eigenvalue weighted by Crippen LogP contribution is -2.15. The van der Waals surface area contributed by atoms with E-state index in [1.165, 1.54) is 0 Å². The summed E-state index contributed by atoms with van der Waals surface area (Å²) in [5, 5.41) is 0. The standard InChI is InChI=1S/C11H10F4O2/c1-2-5-17-10(16)8-6-7(12)3-4-9(8)11(13,14)15/h3-4,6H,2,5H2,1H3. The predicted molar refractivity (Wildman–Crippen MR) is 52.0 cm³/mol. The van der Waals surface area contributed by atoms with Crippen molar-refractivity contribution in [2.45, 2.75) is 19.5 Å². The minimum atomic E-state index is -4.71. The summed E-state index contributed by atoms with van der Waals surface area (Å²) in [5.74, 6) is -2.08. The first-order chi connectivity index (χ1) is 7.86. The second-order valence-corrected chi connectivity index (χ2v) is 3.32. The van der Waals surface area contributed by atoms with E-state index in [4.69, 9.17) is 0 Å². The molecule has 0 aromatic heterocycles. The number of hydrogen-bond acceptors (Lipinski definition) is 2. The number of rotatable bonds is 3. The molecule has 17 heavy (non-hydrogen) atoms. The van der Waals surface area contributed by atoms with Gasteiger partial charge >= 0.3 is 12.1 Å². The van der Waals surface area contributed by atoms with Crippen molar-refractivity contribution < 1.29 is 27.1 Å². The number of alkyl halides is 3. The quantitative estimate of drug-likeness (QED) is 0.607. The minimum absolute atomic E-state index is 0.00730. The van der Waals surface area contributed by atoms with Crippen molar-refractivity contribution in [2.75, 3.05) is 6.61 Å². The monoisotopic (exact) mass is 250 g/mol. The third-order valence-corrected chi connectivity index (χ3v) is 1.94. The lowest BCUT2D eigenvalue weighted by Gasteiger charge is -2.12. The topological polar surface area (TPSA) is 26.3 Å². The molecule has 0 unspecified atom stereocenters. The van der Waals surface area contributed by atoms with Crippen molar-refractivity contribution in [2.24, 2.45) is 0 Å². The minimum Gasteiger partial charge on any atom is -0.462 e. The summed E-state index contributed by atoms with van der Waals surface area (Å²) in [7, 11) is 0. The molecule has 0 spiro atoms. The maximum absolute atomic E-state index is 12.8. The van der Waals surface area contributed by atoms with Gasteiger partial charge in [0.25, 0.3) is 0 Å². The van der Waals surface area contributed by atoms with Gasteiger partial charge in [-0.25, -0.2) is 9.18 Å². The SMILES string of the molecule is CCCOC(=O)c1cc(F)ccc1C(F)(F)F. The van der Waals surface area contributed by atoms with Crippen LogP contribution in [0.1, 0.15) is 29.3 Å². The van der Waals surface area contributed by atoms with E-state index in [9.17, 15) is 22.4 Å². The fourth-order valence-corrected chi connectivity index (χ4v) is 1.21. The maximum Gasteiger partial charge on any atom is 0.417 e. The van der Waals surface area contributed by atoms with Crippen LogP contribution in [-0.4, -0.2) is 12.6 Å². The molecule has 0 fully saturated rings. The maximum atomic E-state index is 12.8. The van der Waals surface area contributed by atoms with Gasteiger partial charge in [0.15, 0.2) is 0 Å². The first-order valence-corrected chi connectivity index (χ1v) is 4.90. The van der Waals surface area contributed by atoms with E-state index < -0.39 is 29.1 Å². The van der Waals surface area contributed by atoms with E-state index in [2.05, 4.69) is 4.74 Å². The molecule has 1 aromatic rings. The average Bonchev–Trinajstić information content (AvgIpc) is 2.24. The molecule has 0 saturated carbocycles. The zero-order valence-corrected chi connectivity index (χ0v) is 8.97. The summed E-state index contributed by atoms with van der Waals surface area (Å²) in [5.41, 5.74) is -1.99. The summed E-state index contributed by atoms with van der Waals surface area (Å²) in [4.78, 5) is 11.3. The van der Waals surface area contributed by atoms with Crippen LogP contribution >= 0.6 is 0 Å². The van der Waals surface area contributed by atoms with Crippen LogP contribution in [0.2, 0.25) is 0 Å². The first-order valence-electron chi connectivity index (χ1n) is 4.90. The summed E-state index contributed by atoms with van der Waals surface area (Å²) in [6.07, 6.45) is -4.24. The normalized spacial score (nSPS) is 11.4. The molecular weight excluding hydrogens is 240 g/mol. The van der Waals surface area contributed by atoms with E-state index in [-0.39, 0.29) is 6.61 Å². The fraction of sp³-hybridized carbons (Fsp3) is 0.364. The van der Waals surface area contributed by atoms with Crippen LogP contribution in [-0.2, 0) is 10.9 Å². The van der Waals surface area contributed by atoms with Crippen LogP contribution in [0.25, 0.3) is 0 Å². The van der Waals surface area contributed by atoms with E-state index >= 15 is 0 Å². The highest BCUT2D eigenvalue weighted by molar-refractivity contribution is 5.91. The molecule has 0 saturated heterocycles. The van der Waals surface area contributed by atoms with Gasteiger partial charge in [0.1, 0.15) is 5.82 Å². The van der Waals surface area contributed by atoms with Gasteiger partial charge < -0.3 is 4.74 Å². The summed E-state index contributed by atoms with van der Waals surface area (Å²) in [6, 6.07) is 1.71. The van der Waals surface area contributed by atoms with Gasteiger partial charge in [0.05, 0.1) is 17.7 Å². The van der Waals surface area contributed by atoms with E-state index in [0.717, 1.165) is 0 Å². The van der Waals surface area contributed by atoms with Gasteiger partial charge in [0, 0.05) is 0 Å². The Morgan fingerprint density at radius 3 is 2.53 bits per heavy atom. The summed E-state index contributed by atoms with van der Waals surface area (Å²) in [6.45, 7) is 1.69. The van der Waals surface area contributed by atoms with Crippen molar-refractivity contribution in [3.05, 3.63) is 35.1 Å². The summed E-state index contributed by atoms with van der Waals surface area (Å²) < 4.78 is 55.0. The van der Waals surface area contributed by atoms with Crippen molar-refractivity contribution >= 4 is 5.97 Å². The van der Waals surface area contributed by atoms with Gasteiger partial charge in [-0.1, -0.05) is 6.92 Å². The van der Waals surface area contributed by atoms with E-state index in [1.807, 2.05) is 0 Å². The Bertz CT molecular complexity index is 412. The van der Waals surface area contributed by atoms with Crippen LogP contribution in [0.3, 0.4) is 0 Å². The molecule has 0 N–H and O–H groups in total. The molecule has 0 aliphatic heterocycles. The molecule has 1 rings (SSSR count). The molecular formula is C11H10F4O2. The molecule has 0 amide bonds. The van der Waals surface area contributed by atoms with Crippen LogP contribution in [0, 0.1) is 5.82 Å². The van der Waals surface area contributed by atoms with Crippen LogP contribution in [0.4, 0.5) is 17.6 Å². The van der Waals surface area contributed by atoms with E-state index in [0.29, 0.717) is 24.6 Å². The molecule has 0 heterocycles. The van der Waals surface area contributed by atoms with Crippen molar-refractivity contribution in [3.8, 4) is 0 Å². The second kappa shape index (κ2) is 5.16. The predicted octanol–water partition coefficient (Wildman–Crippen LogP) is 3.41. The highest BCUT2D eigenvalue weighted by Crippen LogP contribution is 2.32. The number of carbonyl (C=O) groups is 1. The van der Waals surface area contributed by atoms with Gasteiger partial charge in [-0.2, -0.15) is 13.2 Å². The highest BCUT2D eigenvalue weighted by Gasteiger charge is 2.35. The highest BCUT2D eigenvalue weighted by atomic mass is 19.4. The molecule has 0 bridgehead atoms. The Morgan fingerprint density at radius 1 is 1.35 bits per heavy atom. The Kier molecular flexibility index (Phi) is 4.09. The summed E-state index contributed by atoms with van der Waals surface area (Å²) >= 11 is 0. The average molecular weight is 250 g/mol. The second-order valence-electron chi connectivity index (χ2n) is 3.32. The Balaban J connectivity index is 3.11. The third-order valence-electron chi connectivity index (χ3n) is 1.94. The zero-order chi connectivity index (χ0) is 13.1. The number of benzene rings is 1. The third kappa shape index (κ3) is 3.44. The van der Waals surface area contributed by atoms with Crippen molar-refractivity contribution in [3.63, 3.8) is 0 Å². The number of ether oxygens (including phenoxy) is 1. The number of halogens is 4. The molecule has 1 aromatic carbocycles. The van der Waals surface area contributed by atoms with Crippen molar-refractivity contribution in [1.29, 1.82) is 0 Å². The Morgan fingerprint density at radius 2 is 2.00 bits per heavy atom. The van der Waals surface area contributed by atoms with Gasteiger partial charge in [-0.05, 0) is 24.6 Å². The fourth-order valence-electron chi connectivity index (χ4n) is 1.21. The Hall–Kier alpha value is -1.59. The number of hydrogen-bond donors (Lipinski definition) is 0. The molecule has 94 valence electrons. The van der Waals surface area contributed by atoms with Gasteiger partial charge in [-0.15, -0.1) is 0 Å². The number of carbonyl (C=O) groups excluding carboxylic acids is 1. The first kappa shape index (κ1) is 13.5. The Labute approximate surface area is 95.2 Å². The number of esters is 1. The van der Waals surface area contributed by atoms with Crippen LogP contribution in [0.15, 0.2) is 18.2 Å². The van der Waals surface area contributed by atoms with Gasteiger partial charge in [-0.3, -0.25) is 0 Å². The van der Waals surface area contributed by atoms with E-state index in [1.54, 1.807) is 6.92 Å². The molecule has 6 heteroatoms. The molecule has 0 aliphatic carbocycles. The molecule has 2 nitrogen and oxygen atoms in total. The molecule has 0 atom stereocenters. The van der Waals surface area contributed by atoms with Crippen LogP contribution < -0.4 is 0 Å². The lowest BCUT2D eigenvalue weighted by atomic mass is 10.1. The lowest BCUT2D eigenvalue weighted by molar-refractivity contribution is -0.138. The van der Waals surface area contributed by atoms with Crippen molar-refractivity contribution in [1.82, 2.24) is 0 Å².